The van der Waals surface area contributed by atoms with Crippen molar-refractivity contribution in [2.75, 3.05) is 29.9 Å². The number of hydrogen-bond donors (Lipinski definition) is 3. The van der Waals surface area contributed by atoms with E-state index in [1.807, 2.05) is 24.3 Å². The van der Waals surface area contributed by atoms with E-state index in [4.69, 9.17) is 15.5 Å². The molecule has 0 radical (unpaired) electrons. The van der Waals surface area contributed by atoms with Crippen LogP contribution in [-0.2, 0) is 16.0 Å². The molecule has 4 N–H and O–H groups in total. The summed E-state index contributed by atoms with van der Waals surface area (Å²) in [6, 6.07) is 7.55. The number of anilines is 3. The molecule has 1 saturated heterocycles. The summed E-state index contributed by atoms with van der Waals surface area (Å²) in [6.45, 7) is 1.46. The first-order chi connectivity index (χ1) is 15.6. The summed E-state index contributed by atoms with van der Waals surface area (Å²) in [5.74, 6) is 1.51. The van der Waals surface area contributed by atoms with E-state index in [2.05, 4.69) is 15.6 Å². The van der Waals surface area contributed by atoms with Crippen LogP contribution in [0.25, 0.3) is 0 Å². The molecule has 1 saturated carbocycles. The fraction of sp³-hybridized carbons (Fsp3) is 0.478. The van der Waals surface area contributed by atoms with Gasteiger partial charge in [0, 0.05) is 43.0 Å². The van der Waals surface area contributed by atoms with E-state index in [0.717, 1.165) is 42.7 Å². The number of benzene rings is 1. The van der Waals surface area contributed by atoms with Crippen molar-refractivity contribution < 1.29 is 14.3 Å². The minimum absolute atomic E-state index is 0.0774. The molecule has 1 aromatic heterocycles. The molecule has 3 aliphatic rings. The van der Waals surface area contributed by atoms with Crippen LogP contribution in [-0.4, -0.2) is 47.5 Å². The van der Waals surface area contributed by atoms with Crippen molar-refractivity contribution in [1.82, 2.24) is 15.3 Å². The van der Waals surface area contributed by atoms with Crippen LogP contribution in [0, 0.1) is 5.41 Å². The zero-order valence-corrected chi connectivity index (χ0v) is 18.0. The van der Waals surface area contributed by atoms with E-state index in [1.165, 1.54) is 0 Å². The summed E-state index contributed by atoms with van der Waals surface area (Å²) in [7, 11) is 0. The van der Waals surface area contributed by atoms with E-state index < -0.39 is 5.41 Å². The van der Waals surface area contributed by atoms with Crippen LogP contribution < -0.4 is 26.0 Å². The molecule has 0 bridgehead atoms. The molecule has 9 heteroatoms. The fourth-order valence-corrected chi connectivity index (χ4v) is 5.01. The molecule has 1 aromatic carbocycles. The van der Waals surface area contributed by atoms with E-state index in [-0.39, 0.29) is 17.9 Å². The molecule has 1 aliphatic carbocycles. The van der Waals surface area contributed by atoms with Crippen LogP contribution in [0.3, 0.4) is 0 Å². The van der Waals surface area contributed by atoms with Crippen molar-refractivity contribution in [2.45, 2.75) is 44.6 Å². The van der Waals surface area contributed by atoms with Gasteiger partial charge in [0.25, 0.3) is 0 Å². The molecular weight excluding hydrogens is 408 g/mol. The van der Waals surface area contributed by atoms with Crippen molar-refractivity contribution in [3.63, 3.8) is 0 Å². The maximum atomic E-state index is 13.7. The van der Waals surface area contributed by atoms with Gasteiger partial charge in [-0.1, -0.05) is 12.8 Å². The molecule has 1 spiro atoms. The summed E-state index contributed by atoms with van der Waals surface area (Å²) in [5, 5.41) is 6.07. The maximum absolute atomic E-state index is 13.7. The molecule has 168 valence electrons. The van der Waals surface area contributed by atoms with Gasteiger partial charge < -0.3 is 21.1 Å². The third-order valence-electron chi connectivity index (χ3n) is 6.65. The molecule has 5 rings (SSSR count). The van der Waals surface area contributed by atoms with Gasteiger partial charge in [0.15, 0.2) is 0 Å². The Kier molecular flexibility index (Phi) is 5.42. The molecule has 1 atom stereocenters. The number of carbonyl (C=O) groups is 2. The molecule has 2 amide bonds. The zero-order valence-electron chi connectivity index (χ0n) is 18.0. The molecule has 32 heavy (non-hydrogen) atoms. The van der Waals surface area contributed by atoms with Crippen molar-refractivity contribution >= 4 is 29.3 Å². The second kappa shape index (κ2) is 8.38. The highest BCUT2D eigenvalue weighted by atomic mass is 16.5. The van der Waals surface area contributed by atoms with Crippen LogP contribution >= 0.6 is 0 Å². The first-order valence-corrected chi connectivity index (χ1v) is 11.3. The van der Waals surface area contributed by atoms with Gasteiger partial charge in [-0.3, -0.25) is 14.5 Å². The standard InChI is InChI=1S/C23H28N6O3/c24-10-12-32-18-7-5-16(6-8-18)27-22-26-14-15-13-23(9-11-25-20(23)30)21(31)29(19(15)28-22)17-3-1-2-4-17/h5-8,14,17H,1-4,9-13,24H2,(H,25,30)(H,26,27,28). The van der Waals surface area contributed by atoms with Crippen LogP contribution in [0.2, 0.25) is 0 Å². The number of carbonyl (C=O) groups excluding carboxylic acids is 2. The monoisotopic (exact) mass is 436 g/mol. The third kappa shape index (κ3) is 3.56. The number of aromatic nitrogens is 2. The highest BCUT2D eigenvalue weighted by Gasteiger charge is 2.56. The Morgan fingerprint density at radius 2 is 2.00 bits per heavy atom. The minimum atomic E-state index is -1.02. The Balaban J connectivity index is 1.44. The van der Waals surface area contributed by atoms with Crippen molar-refractivity contribution in [3.8, 4) is 5.75 Å². The highest BCUT2D eigenvalue weighted by molar-refractivity contribution is 6.14. The Morgan fingerprint density at radius 3 is 2.69 bits per heavy atom. The number of fused-ring (bicyclic) bond motifs is 1. The first kappa shape index (κ1) is 20.7. The van der Waals surface area contributed by atoms with Crippen LogP contribution in [0.5, 0.6) is 5.75 Å². The van der Waals surface area contributed by atoms with Gasteiger partial charge >= 0.3 is 0 Å². The van der Waals surface area contributed by atoms with Crippen LogP contribution in [0.15, 0.2) is 30.5 Å². The van der Waals surface area contributed by atoms with Gasteiger partial charge in [0.05, 0.1) is 0 Å². The number of ether oxygens (including phenoxy) is 1. The largest absolute Gasteiger partial charge is 0.492 e. The van der Waals surface area contributed by atoms with Crippen LogP contribution in [0.4, 0.5) is 17.5 Å². The molecular formula is C23H28N6O3. The molecule has 2 aromatic rings. The van der Waals surface area contributed by atoms with E-state index in [1.54, 1.807) is 11.1 Å². The van der Waals surface area contributed by atoms with Crippen LogP contribution in [0.1, 0.15) is 37.7 Å². The van der Waals surface area contributed by atoms with Gasteiger partial charge in [-0.15, -0.1) is 0 Å². The number of nitrogens with zero attached hydrogens (tertiary/aromatic N) is 3. The number of rotatable bonds is 6. The van der Waals surface area contributed by atoms with E-state index >= 15 is 0 Å². The average Bonchev–Trinajstić information content (AvgIpc) is 3.45. The topological polar surface area (TPSA) is 122 Å². The SMILES string of the molecule is NCCOc1ccc(Nc2ncc3c(n2)N(C2CCCC2)C(=O)C2(CCNC2=O)C3)cc1. The van der Waals surface area contributed by atoms with Crippen molar-refractivity contribution in [2.24, 2.45) is 11.1 Å². The summed E-state index contributed by atoms with van der Waals surface area (Å²) < 4.78 is 5.51. The second-order valence-electron chi connectivity index (χ2n) is 8.71. The van der Waals surface area contributed by atoms with Crippen molar-refractivity contribution in [3.05, 3.63) is 36.0 Å². The normalized spacial score (nSPS) is 22.8. The third-order valence-corrected chi connectivity index (χ3v) is 6.65. The predicted octanol–water partition coefficient (Wildman–Crippen LogP) is 1.90. The highest BCUT2D eigenvalue weighted by Crippen LogP contribution is 2.44. The number of hydrogen-bond acceptors (Lipinski definition) is 7. The fourth-order valence-electron chi connectivity index (χ4n) is 5.01. The predicted molar refractivity (Wildman–Crippen MR) is 120 cm³/mol. The maximum Gasteiger partial charge on any atom is 0.244 e. The Morgan fingerprint density at radius 1 is 1.22 bits per heavy atom. The first-order valence-electron chi connectivity index (χ1n) is 11.3. The van der Waals surface area contributed by atoms with Gasteiger partial charge in [-0.25, -0.2) is 4.98 Å². The van der Waals surface area contributed by atoms with Crippen molar-refractivity contribution in [1.29, 1.82) is 0 Å². The van der Waals surface area contributed by atoms with E-state index in [9.17, 15) is 9.59 Å². The van der Waals surface area contributed by atoms with Gasteiger partial charge in [0.2, 0.25) is 17.8 Å². The number of nitrogens with one attached hydrogen (secondary N) is 2. The number of nitrogens with two attached hydrogens (primary N) is 1. The Bertz CT molecular complexity index is 1020. The van der Waals surface area contributed by atoms with E-state index in [0.29, 0.717) is 44.3 Å². The summed E-state index contributed by atoms with van der Waals surface area (Å²) in [5.41, 5.74) is 6.11. The molecule has 2 aliphatic heterocycles. The lowest BCUT2D eigenvalue weighted by molar-refractivity contribution is -0.140. The molecule has 3 heterocycles. The minimum Gasteiger partial charge on any atom is -0.492 e. The summed E-state index contributed by atoms with van der Waals surface area (Å²) >= 11 is 0. The van der Waals surface area contributed by atoms with Gasteiger partial charge in [0.1, 0.15) is 23.6 Å². The Labute approximate surface area is 186 Å². The zero-order chi connectivity index (χ0) is 22.1. The second-order valence-corrected chi connectivity index (χ2v) is 8.71. The molecule has 9 nitrogen and oxygen atoms in total. The molecule has 1 unspecified atom stereocenters. The summed E-state index contributed by atoms with van der Waals surface area (Å²) in [4.78, 5) is 37.4. The van der Waals surface area contributed by atoms with Gasteiger partial charge in [-0.2, -0.15) is 4.98 Å². The Hall–Kier alpha value is -3.20. The quantitative estimate of drug-likeness (QED) is 0.591. The lowest BCUT2D eigenvalue weighted by Crippen LogP contribution is -2.56. The molecule has 2 fully saturated rings. The average molecular weight is 437 g/mol. The lowest BCUT2D eigenvalue weighted by atomic mass is 9.76. The number of amides is 2. The van der Waals surface area contributed by atoms with Gasteiger partial charge in [-0.05, 0) is 43.5 Å². The lowest BCUT2D eigenvalue weighted by Gasteiger charge is -2.40. The summed E-state index contributed by atoms with van der Waals surface area (Å²) in [6.07, 6.45) is 6.65. The smallest absolute Gasteiger partial charge is 0.244 e.